The Morgan fingerprint density at radius 1 is 1.55 bits per heavy atom. The average Bonchev–Trinajstić information content (AvgIpc) is 2.80. The van der Waals surface area contributed by atoms with Gasteiger partial charge in [0.1, 0.15) is 5.75 Å². The Morgan fingerprint density at radius 2 is 2.30 bits per heavy atom. The molecule has 5 heteroatoms. The fourth-order valence-corrected chi connectivity index (χ4v) is 2.21. The molecule has 0 spiro atoms. The van der Waals surface area contributed by atoms with Crippen LogP contribution < -0.4 is 15.0 Å². The van der Waals surface area contributed by atoms with Crippen molar-refractivity contribution in [3.05, 3.63) is 18.2 Å². The zero-order valence-electron chi connectivity index (χ0n) is 11.5. The van der Waals surface area contributed by atoms with Gasteiger partial charge in [0, 0.05) is 37.6 Å². The molecule has 1 aromatic carbocycles. The van der Waals surface area contributed by atoms with Crippen molar-refractivity contribution in [1.29, 1.82) is 0 Å². The lowest BCUT2D eigenvalue weighted by molar-refractivity contribution is -0.117. The van der Waals surface area contributed by atoms with E-state index in [0.717, 1.165) is 5.69 Å². The van der Waals surface area contributed by atoms with Crippen LogP contribution in [0.4, 0.5) is 11.4 Å². The number of nitrogens with one attached hydrogen (secondary N) is 1. The van der Waals surface area contributed by atoms with E-state index in [4.69, 9.17) is 11.2 Å². The van der Waals surface area contributed by atoms with Crippen molar-refractivity contribution in [2.24, 2.45) is 5.92 Å². The summed E-state index contributed by atoms with van der Waals surface area (Å²) in [4.78, 5) is 24.7. The van der Waals surface area contributed by atoms with Crippen LogP contribution in [0.5, 0.6) is 5.75 Å². The Bertz CT molecular complexity index is 589. The Balaban J connectivity index is 2.28. The van der Waals surface area contributed by atoms with Crippen molar-refractivity contribution in [1.82, 2.24) is 0 Å². The number of nitrogens with zero attached hydrogens (tertiary/aromatic N) is 1. The Hall–Kier alpha value is -2.48. The van der Waals surface area contributed by atoms with Crippen molar-refractivity contribution in [2.45, 2.75) is 13.3 Å². The van der Waals surface area contributed by atoms with Crippen molar-refractivity contribution in [2.75, 3.05) is 23.9 Å². The number of anilines is 2. The van der Waals surface area contributed by atoms with Gasteiger partial charge < -0.3 is 15.0 Å². The average molecular weight is 272 g/mol. The molecule has 1 atom stereocenters. The van der Waals surface area contributed by atoms with E-state index in [1.54, 1.807) is 23.1 Å². The van der Waals surface area contributed by atoms with Gasteiger partial charge in [-0.3, -0.25) is 9.59 Å². The minimum Gasteiger partial charge on any atom is -0.494 e. The summed E-state index contributed by atoms with van der Waals surface area (Å²) in [6.45, 7) is 1.94. The molecule has 2 rings (SSSR count). The highest BCUT2D eigenvalue weighted by Crippen LogP contribution is 2.32. The second-order valence-electron chi connectivity index (χ2n) is 4.64. The van der Waals surface area contributed by atoms with E-state index in [9.17, 15) is 9.59 Å². The van der Waals surface area contributed by atoms with Crippen LogP contribution in [0.15, 0.2) is 18.2 Å². The third-order valence-electron chi connectivity index (χ3n) is 3.17. The van der Waals surface area contributed by atoms with Gasteiger partial charge in [0.15, 0.2) is 0 Å². The zero-order chi connectivity index (χ0) is 14.7. The molecule has 20 heavy (non-hydrogen) atoms. The predicted molar refractivity (Wildman–Crippen MR) is 76.6 cm³/mol. The van der Waals surface area contributed by atoms with Crippen LogP contribution in [-0.2, 0) is 9.59 Å². The van der Waals surface area contributed by atoms with Crippen molar-refractivity contribution in [3.63, 3.8) is 0 Å². The molecular formula is C15H16N2O3. The summed E-state index contributed by atoms with van der Waals surface area (Å²) in [5, 5.41) is 2.67. The van der Waals surface area contributed by atoms with Gasteiger partial charge in [-0.1, -0.05) is 0 Å². The lowest BCUT2D eigenvalue weighted by Gasteiger charge is -2.18. The summed E-state index contributed by atoms with van der Waals surface area (Å²) in [6.07, 6.45) is 5.74. The molecule has 0 radical (unpaired) electrons. The lowest BCUT2D eigenvalue weighted by atomic mass is 10.1. The highest BCUT2D eigenvalue weighted by atomic mass is 16.5. The molecule has 1 aliphatic heterocycles. The van der Waals surface area contributed by atoms with Gasteiger partial charge in [-0.15, -0.1) is 12.3 Å². The van der Waals surface area contributed by atoms with E-state index in [2.05, 4.69) is 11.2 Å². The van der Waals surface area contributed by atoms with Crippen LogP contribution in [0.3, 0.4) is 0 Å². The van der Waals surface area contributed by atoms with Crippen LogP contribution in [0, 0.1) is 18.3 Å². The van der Waals surface area contributed by atoms with Gasteiger partial charge >= 0.3 is 0 Å². The van der Waals surface area contributed by atoms with Gasteiger partial charge in [0.2, 0.25) is 11.8 Å². The standard InChI is InChI=1S/C15H16N2O3/c1-4-11-7-15(19)17(9-11)12-5-6-13(16-10(2)18)14(8-12)20-3/h1,5-6,8,11H,7,9H2,2-3H3,(H,16,18). The van der Waals surface area contributed by atoms with Crippen LogP contribution in [-0.4, -0.2) is 25.5 Å². The molecule has 1 heterocycles. The van der Waals surface area contributed by atoms with E-state index in [-0.39, 0.29) is 17.7 Å². The maximum absolute atomic E-state index is 11.9. The normalized spacial score (nSPS) is 17.8. The van der Waals surface area contributed by atoms with Crippen LogP contribution in [0.1, 0.15) is 13.3 Å². The smallest absolute Gasteiger partial charge is 0.228 e. The van der Waals surface area contributed by atoms with Gasteiger partial charge in [-0.2, -0.15) is 0 Å². The molecule has 1 fully saturated rings. The number of hydrogen-bond acceptors (Lipinski definition) is 3. The minimum absolute atomic E-state index is 0.00211. The Kier molecular flexibility index (Phi) is 3.94. The van der Waals surface area contributed by atoms with Crippen molar-refractivity contribution < 1.29 is 14.3 Å². The molecule has 0 bridgehead atoms. The maximum atomic E-state index is 11.9. The minimum atomic E-state index is -0.180. The number of benzene rings is 1. The van der Waals surface area contributed by atoms with E-state index in [1.165, 1.54) is 14.0 Å². The summed E-state index contributed by atoms with van der Waals surface area (Å²) in [7, 11) is 1.51. The summed E-state index contributed by atoms with van der Waals surface area (Å²) in [5.74, 6) is 2.89. The van der Waals surface area contributed by atoms with Gasteiger partial charge in [-0.05, 0) is 12.1 Å². The molecule has 1 N–H and O–H groups in total. The zero-order valence-corrected chi connectivity index (χ0v) is 11.5. The number of carbonyl (C=O) groups excluding carboxylic acids is 2. The van der Waals surface area contributed by atoms with Crippen LogP contribution in [0.2, 0.25) is 0 Å². The number of carbonyl (C=O) groups is 2. The molecule has 104 valence electrons. The highest BCUT2D eigenvalue weighted by Gasteiger charge is 2.29. The second kappa shape index (κ2) is 5.66. The van der Waals surface area contributed by atoms with Gasteiger partial charge in [0.05, 0.1) is 12.8 Å². The van der Waals surface area contributed by atoms with Crippen LogP contribution >= 0.6 is 0 Å². The largest absolute Gasteiger partial charge is 0.494 e. The molecule has 1 aliphatic rings. The first-order chi connectivity index (χ1) is 9.55. The van der Waals surface area contributed by atoms with Gasteiger partial charge in [-0.25, -0.2) is 0 Å². The molecule has 5 nitrogen and oxygen atoms in total. The quantitative estimate of drug-likeness (QED) is 0.851. The summed E-state index contributed by atoms with van der Waals surface area (Å²) in [6, 6.07) is 5.21. The monoisotopic (exact) mass is 272 g/mol. The van der Waals surface area contributed by atoms with Crippen molar-refractivity contribution >= 4 is 23.2 Å². The molecule has 0 saturated carbocycles. The van der Waals surface area contributed by atoms with E-state index in [0.29, 0.717) is 24.4 Å². The summed E-state index contributed by atoms with van der Waals surface area (Å²) < 4.78 is 5.24. The molecule has 1 aromatic rings. The van der Waals surface area contributed by atoms with Gasteiger partial charge in [0.25, 0.3) is 0 Å². The number of amides is 2. The first-order valence-electron chi connectivity index (χ1n) is 6.27. The maximum Gasteiger partial charge on any atom is 0.228 e. The first-order valence-corrected chi connectivity index (χ1v) is 6.27. The third-order valence-corrected chi connectivity index (χ3v) is 3.17. The number of hydrogen-bond donors (Lipinski definition) is 1. The Labute approximate surface area is 117 Å². The molecular weight excluding hydrogens is 256 g/mol. The number of terminal acetylenes is 1. The topological polar surface area (TPSA) is 58.6 Å². The fraction of sp³-hybridized carbons (Fsp3) is 0.333. The first kappa shape index (κ1) is 13.9. The van der Waals surface area contributed by atoms with Crippen LogP contribution in [0.25, 0.3) is 0 Å². The predicted octanol–water partition coefficient (Wildman–Crippen LogP) is 1.64. The molecule has 0 aromatic heterocycles. The molecule has 0 aliphatic carbocycles. The SMILES string of the molecule is C#CC1CC(=O)N(c2ccc(NC(C)=O)c(OC)c2)C1. The summed E-state index contributed by atoms with van der Waals surface area (Å²) >= 11 is 0. The van der Waals surface area contributed by atoms with Crippen molar-refractivity contribution in [3.8, 4) is 18.1 Å². The second-order valence-corrected chi connectivity index (χ2v) is 4.64. The highest BCUT2D eigenvalue weighted by molar-refractivity contribution is 5.97. The molecule has 1 saturated heterocycles. The molecule has 2 amide bonds. The fourth-order valence-electron chi connectivity index (χ4n) is 2.21. The van der Waals surface area contributed by atoms with E-state index < -0.39 is 0 Å². The Morgan fingerprint density at radius 3 is 2.85 bits per heavy atom. The molecule has 1 unspecified atom stereocenters. The lowest BCUT2D eigenvalue weighted by Crippen LogP contribution is -2.24. The van der Waals surface area contributed by atoms with E-state index in [1.807, 2.05) is 0 Å². The number of ether oxygens (including phenoxy) is 1. The third kappa shape index (κ3) is 2.75. The summed E-state index contributed by atoms with van der Waals surface area (Å²) in [5.41, 5.74) is 1.29. The number of rotatable bonds is 3. The van der Waals surface area contributed by atoms with E-state index >= 15 is 0 Å². The number of methoxy groups -OCH3 is 1.